The van der Waals surface area contributed by atoms with Crippen molar-refractivity contribution in [1.82, 2.24) is 15.1 Å². The second-order valence-corrected chi connectivity index (χ2v) is 13.0. The smallest absolute Gasteiger partial charge is 0.338 e. The maximum absolute atomic E-state index is 13.7. The molecule has 2 aliphatic heterocycles. The van der Waals surface area contributed by atoms with Crippen molar-refractivity contribution in [2.24, 2.45) is 5.73 Å². The van der Waals surface area contributed by atoms with Crippen LogP contribution in [-0.2, 0) is 19.1 Å². The number of benzene rings is 3. The molecule has 3 aromatic carbocycles. The summed E-state index contributed by atoms with van der Waals surface area (Å²) in [6, 6.07) is 21.0. The molecule has 248 valence electrons. The minimum absolute atomic E-state index is 0.0440. The first-order chi connectivity index (χ1) is 22.6. The number of halogens is 4. The molecule has 1 atom stereocenters. The van der Waals surface area contributed by atoms with Crippen molar-refractivity contribution in [3.63, 3.8) is 0 Å². The number of nitrogens with zero attached hydrogens (tertiary/aromatic N) is 2. The lowest BCUT2D eigenvalue weighted by Gasteiger charge is -2.39. The highest BCUT2D eigenvalue weighted by Gasteiger charge is 2.40. The van der Waals surface area contributed by atoms with Gasteiger partial charge in [-0.1, -0.05) is 82.8 Å². The van der Waals surface area contributed by atoms with Gasteiger partial charge in [0.2, 0.25) is 0 Å². The lowest BCUT2D eigenvalue weighted by molar-refractivity contribution is -0.140. The van der Waals surface area contributed by atoms with E-state index in [1.54, 1.807) is 32.0 Å². The van der Waals surface area contributed by atoms with Gasteiger partial charge in [0.25, 0.3) is 0 Å². The molecule has 12 heteroatoms. The van der Waals surface area contributed by atoms with Crippen LogP contribution >= 0.6 is 46.4 Å². The van der Waals surface area contributed by atoms with E-state index >= 15 is 0 Å². The number of dihydropyridines is 1. The molecule has 0 saturated carbocycles. The maximum atomic E-state index is 13.7. The number of piperazine rings is 1. The van der Waals surface area contributed by atoms with Gasteiger partial charge in [-0.2, -0.15) is 0 Å². The van der Waals surface area contributed by atoms with Crippen LogP contribution < -0.4 is 11.1 Å². The number of carbonyl (C=O) groups excluding carboxylic acids is 2. The van der Waals surface area contributed by atoms with Gasteiger partial charge in [0.05, 0.1) is 39.8 Å². The molecule has 0 aliphatic carbocycles. The number of esters is 2. The number of allylic oxidation sites excluding steroid dienone is 1. The summed E-state index contributed by atoms with van der Waals surface area (Å²) in [5, 5.41) is 4.82. The maximum Gasteiger partial charge on any atom is 0.338 e. The summed E-state index contributed by atoms with van der Waals surface area (Å²) in [4.78, 5) is 31.5. The predicted octanol–water partition coefficient (Wildman–Crippen LogP) is 6.94. The van der Waals surface area contributed by atoms with Crippen LogP contribution in [0.25, 0.3) is 0 Å². The number of nitrogens with two attached hydrogens (primary N) is 1. The first kappa shape index (κ1) is 35.1. The largest absolute Gasteiger partial charge is 0.463 e. The van der Waals surface area contributed by atoms with Gasteiger partial charge in [0, 0.05) is 48.5 Å². The van der Waals surface area contributed by atoms with Crippen LogP contribution in [0, 0.1) is 0 Å². The van der Waals surface area contributed by atoms with Gasteiger partial charge in [-0.05, 0) is 60.9 Å². The van der Waals surface area contributed by atoms with Crippen LogP contribution in [0.2, 0.25) is 20.1 Å². The van der Waals surface area contributed by atoms with Gasteiger partial charge in [-0.15, -0.1) is 0 Å². The minimum Gasteiger partial charge on any atom is -0.463 e. The number of hydrogen-bond donors (Lipinski definition) is 2. The molecule has 1 fully saturated rings. The fourth-order valence-corrected chi connectivity index (χ4v) is 6.78. The average molecular weight is 719 g/mol. The molecule has 0 spiro atoms. The molecular weight excluding hydrogens is 682 g/mol. The molecule has 3 aromatic rings. The van der Waals surface area contributed by atoms with E-state index in [9.17, 15) is 9.59 Å². The molecule has 8 nitrogen and oxygen atoms in total. The minimum atomic E-state index is -0.935. The molecule has 0 bridgehead atoms. The number of ether oxygens (including phenoxy) is 2. The Morgan fingerprint density at radius 1 is 0.851 bits per heavy atom. The van der Waals surface area contributed by atoms with Crippen LogP contribution in [0.1, 0.15) is 42.5 Å². The third-order valence-electron chi connectivity index (χ3n) is 8.39. The summed E-state index contributed by atoms with van der Waals surface area (Å²) in [6.07, 6.45) is 0. The second-order valence-electron chi connectivity index (χ2n) is 11.3. The fourth-order valence-electron chi connectivity index (χ4n) is 6.11. The van der Waals surface area contributed by atoms with Crippen molar-refractivity contribution in [2.75, 3.05) is 45.9 Å². The molecule has 0 amide bonds. The third-order valence-corrected chi connectivity index (χ3v) is 9.72. The van der Waals surface area contributed by atoms with E-state index in [4.69, 9.17) is 61.6 Å². The Bertz CT molecular complexity index is 1620. The van der Waals surface area contributed by atoms with Crippen LogP contribution in [0.5, 0.6) is 0 Å². The lowest BCUT2D eigenvalue weighted by atomic mass is 9.81. The Kier molecular flexibility index (Phi) is 11.8. The second kappa shape index (κ2) is 15.8. The van der Waals surface area contributed by atoms with Gasteiger partial charge < -0.3 is 20.5 Å². The van der Waals surface area contributed by atoms with Crippen molar-refractivity contribution in [1.29, 1.82) is 0 Å². The summed E-state index contributed by atoms with van der Waals surface area (Å²) >= 11 is 25.3. The zero-order valence-corrected chi connectivity index (χ0v) is 29.1. The van der Waals surface area contributed by atoms with Crippen LogP contribution in [0.3, 0.4) is 0 Å². The quantitative estimate of drug-likeness (QED) is 0.218. The highest BCUT2D eigenvalue weighted by Crippen LogP contribution is 2.43. The van der Waals surface area contributed by atoms with Crippen molar-refractivity contribution >= 4 is 58.3 Å². The topological polar surface area (TPSA) is 97.1 Å². The number of rotatable bonds is 10. The highest BCUT2D eigenvalue weighted by molar-refractivity contribution is 6.42. The van der Waals surface area contributed by atoms with E-state index < -0.39 is 17.9 Å². The van der Waals surface area contributed by atoms with E-state index in [0.29, 0.717) is 27.9 Å². The monoisotopic (exact) mass is 716 g/mol. The molecule has 0 aromatic heterocycles. The van der Waals surface area contributed by atoms with E-state index in [0.717, 1.165) is 37.3 Å². The number of carbonyl (C=O) groups is 2. The summed E-state index contributed by atoms with van der Waals surface area (Å²) in [5.41, 5.74) is 9.76. The Morgan fingerprint density at radius 3 is 2.00 bits per heavy atom. The van der Waals surface area contributed by atoms with E-state index in [1.807, 2.05) is 24.3 Å². The molecule has 2 aliphatic rings. The molecule has 3 N–H and O–H groups in total. The summed E-state index contributed by atoms with van der Waals surface area (Å²) in [7, 11) is 0. The van der Waals surface area contributed by atoms with E-state index in [1.165, 1.54) is 0 Å². The van der Waals surface area contributed by atoms with Gasteiger partial charge in [0.15, 0.2) is 0 Å². The Labute approximate surface area is 295 Å². The van der Waals surface area contributed by atoms with Crippen LogP contribution in [0.4, 0.5) is 0 Å². The molecule has 2 heterocycles. The first-order valence-corrected chi connectivity index (χ1v) is 16.8. The van der Waals surface area contributed by atoms with Gasteiger partial charge in [-0.3, -0.25) is 9.80 Å². The van der Waals surface area contributed by atoms with Crippen molar-refractivity contribution in [3.8, 4) is 0 Å². The molecule has 1 saturated heterocycles. The lowest BCUT2D eigenvalue weighted by Crippen LogP contribution is -2.48. The summed E-state index contributed by atoms with van der Waals surface area (Å²) in [5.74, 6) is -2.11. The molecule has 0 radical (unpaired) electrons. The molecule has 1 unspecified atom stereocenters. The third kappa shape index (κ3) is 8.08. The SMILES string of the molecule is CCOC(=O)C1=C(N)NC(C)=C(C(=O)OCCN2CCN(C(c3ccc(Cl)cc3)c3ccc(Cl)cc3)CC2)C1c1cccc(Cl)c1Cl. The Hall–Kier alpha value is -3.24. The van der Waals surface area contributed by atoms with Crippen molar-refractivity contribution < 1.29 is 19.1 Å². The first-order valence-electron chi connectivity index (χ1n) is 15.3. The zero-order chi connectivity index (χ0) is 33.7. The highest BCUT2D eigenvalue weighted by atomic mass is 35.5. The van der Waals surface area contributed by atoms with Crippen molar-refractivity contribution in [2.45, 2.75) is 25.8 Å². The van der Waals surface area contributed by atoms with Crippen LogP contribution in [-0.4, -0.2) is 67.7 Å². The summed E-state index contributed by atoms with van der Waals surface area (Å²) < 4.78 is 11.1. The average Bonchev–Trinajstić information content (AvgIpc) is 3.04. The van der Waals surface area contributed by atoms with Crippen LogP contribution in [0.15, 0.2) is 89.4 Å². The molecule has 47 heavy (non-hydrogen) atoms. The van der Waals surface area contributed by atoms with Gasteiger partial charge in [-0.25, -0.2) is 9.59 Å². The standard InChI is InChI=1S/C35H36Cl4N4O4/c1-3-46-35(45)30-29(26-5-4-6-27(38)31(26)39)28(21(2)41-33(30)40)34(44)47-20-19-42-15-17-43(18-16-42)32(22-7-11-24(36)12-8-22)23-9-13-25(37)14-10-23/h4-14,29,32,41H,3,15-20,40H2,1-2H3. The van der Waals surface area contributed by atoms with Gasteiger partial charge in [0.1, 0.15) is 12.4 Å². The van der Waals surface area contributed by atoms with E-state index in [-0.39, 0.29) is 46.3 Å². The number of hydrogen-bond acceptors (Lipinski definition) is 8. The predicted molar refractivity (Wildman–Crippen MR) is 187 cm³/mol. The Balaban J connectivity index is 1.26. The normalized spacial score (nSPS) is 17.6. The molecular formula is C35H36Cl4N4O4. The zero-order valence-electron chi connectivity index (χ0n) is 26.1. The van der Waals surface area contributed by atoms with Crippen molar-refractivity contribution in [3.05, 3.63) is 126 Å². The fraction of sp³-hybridized carbons (Fsp3) is 0.314. The van der Waals surface area contributed by atoms with Gasteiger partial charge >= 0.3 is 11.9 Å². The molecule has 5 rings (SSSR count). The number of nitrogens with one attached hydrogen (secondary N) is 1. The Morgan fingerprint density at radius 2 is 1.43 bits per heavy atom. The van der Waals surface area contributed by atoms with E-state index in [2.05, 4.69) is 39.4 Å². The summed E-state index contributed by atoms with van der Waals surface area (Å²) in [6.45, 7) is 7.39.